The topological polar surface area (TPSA) is 83.0 Å². The fraction of sp³-hybridized carbons (Fsp3) is 0.120. The number of hydrogen-bond acceptors (Lipinski definition) is 7. The smallest absolute Gasteiger partial charge is 0.277 e. The fourth-order valence-electron chi connectivity index (χ4n) is 3.56. The predicted octanol–water partition coefficient (Wildman–Crippen LogP) is 5.27. The lowest BCUT2D eigenvalue weighted by Gasteiger charge is -2.13. The van der Waals surface area contributed by atoms with Gasteiger partial charge in [0.2, 0.25) is 0 Å². The van der Waals surface area contributed by atoms with Crippen molar-refractivity contribution >= 4 is 22.7 Å². The molecule has 0 bridgehead atoms. The molecule has 0 spiro atoms. The van der Waals surface area contributed by atoms with Crippen molar-refractivity contribution in [2.24, 2.45) is 0 Å². The van der Waals surface area contributed by atoms with Crippen LogP contribution in [0.25, 0.3) is 28.0 Å². The van der Waals surface area contributed by atoms with E-state index in [4.69, 9.17) is 14.1 Å². The van der Waals surface area contributed by atoms with E-state index in [2.05, 4.69) is 10.2 Å². The molecule has 2 heterocycles. The SMILES string of the molecule is CCOc1ccccc1-c1nnc(SCc2nc3ccccc3c(=O)n2-c2ccc(F)cc2)o1. The largest absolute Gasteiger partial charge is 0.493 e. The second kappa shape index (κ2) is 9.48. The molecule has 0 aliphatic carbocycles. The van der Waals surface area contributed by atoms with Gasteiger partial charge >= 0.3 is 0 Å². The minimum absolute atomic E-state index is 0.232. The Bertz CT molecular complexity index is 1520. The minimum Gasteiger partial charge on any atom is -0.493 e. The molecule has 0 unspecified atom stereocenters. The maximum Gasteiger partial charge on any atom is 0.277 e. The highest BCUT2D eigenvalue weighted by atomic mass is 32.2. The van der Waals surface area contributed by atoms with Gasteiger partial charge in [0.1, 0.15) is 17.4 Å². The number of benzene rings is 3. The summed E-state index contributed by atoms with van der Waals surface area (Å²) in [5.41, 5.74) is 1.58. The highest BCUT2D eigenvalue weighted by Gasteiger charge is 2.17. The average molecular weight is 475 g/mol. The highest BCUT2D eigenvalue weighted by Crippen LogP contribution is 2.31. The van der Waals surface area contributed by atoms with Gasteiger partial charge in [-0.3, -0.25) is 9.36 Å². The Morgan fingerprint density at radius 1 is 1.00 bits per heavy atom. The summed E-state index contributed by atoms with van der Waals surface area (Å²) >= 11 is 1.26. The van der Waals surface area contributed by atoms with Crippen LogP contribution in [0.3, 0.4) is 0 Å². The number of nitrogens with zero attached hydrogens (tertiary/aromatic N) is 4. The lowest BCUT2D eigenvalue weighted by molar-refractivity contribution is 0.340. The van der Waals surface area contributed by atoms with Gasteiger partial charge in [-0.15, -0.1) is 10.2 Å². The molecule has 0 amide bonds. The van der Waals surface area contributed by atoms with Crippen LogP contribution in [0.5, 0.6) is 5.75 Å². The zero-order valence-corrected chi connectivity index (χ0v) is 19.0. The molecule has 34 heavy (non-hydrogen) atoms. The van der Waals surface area contributed by atoms with Gasteiger partial charge in [-0.1, -0.05) is 36.0 Å². The van der Waals surface area contributed by atoms with Crippen LogP contribution in [0.15, 0.2) is 87.2 Å². The first kappa shape index (κ1) is 21.8. The number of halogens is 1. The summed E-state index contributed by atoms with van der Waals surface area (Å²) in [4.78, 5) is 18.0. The third-order valence-electron chi connectivity index (χ3n) is 5.08. The van der Waals surface area contributed by atoms with Crippen molar-refractivity contribution in [1.82, 2.24) is 19.7 Å². The van der Waals surface area contributed by atoms with Crippen molar-refractivity contribution in [2.75, 3.05) is 6.61 Å². The van der Waals surface area contributed by atoms with Crippen LogP contribution in [0, 0.1) is 5.82 Å². The Kier molecular flexibility index (Phi) is 6.09. The normalized spacial score (nSPS) is 11.1. The van der Waals surface area contributed by atoms with Gasteiger partial charge in [-0.05, 0) is 55.5 Å². The van der Waals surface area contributed by atoms with Crippen molar-refractivity contribution in [3.63, 3.8) is 0 Å². The summed E-state index contributed by atoms with van der Waals surface area (Å²) in [7, 11) is 0. The maximum absolute atomic E-state index is 13.5. The van der Waals surface area contributed by atoms with E-state index in [0.29, 0.717) is 51.4 Å². The van der Waals surface area contributed by atoms with Gasteiger partial charge in [0.25, 0.3) is 16.7 Å². The molecule has 170 valence electrons. The lowest BCUT2D eigenvalue weighted by atomic mass is 10.2. The molecule has 0 saturated heterocycles. The van der Waals surface area contributed by atoms with Gasteiger partial charge in [0, 0.05) is 0 Å². The molecule has 7 nitrogen and oxygen atoms in total. The molecule has 0 aliphatic rings. The minimum atomic E-state index is -0.382. The van der Waals surface area contributed by atoms with E-state index in [-0.39, 0.29) is 17.1 Å². The van der Waals surface area contributed by atoms with E-state index in [0.717, 1.165) is 0 Å². The number of ether oxygens (including phenoxy) is 1. The molecule has 5 aromatic rings. The average Bonchev–Trinajstić information content (AvgIpc) is 3.33. The molecule has 9 heteroatoms. The van der Waals surface area contributed by atoms with E-state index < -0.39 is 0 Å². The molecule has 0 N–H and O–H groups in total. The maximum atomic E-state index is 13.5. The van der Waals surface area contributed by atoms with Crippen LogP contribution in [-0.2, 0) is 5.75 Å². The molecule has 0 radical (unpaired) electrons. The van der Waals surface area contributed by atoms with E-state index in [9.17, 15) is 9.18 Å². The fourth-order valence-corrected chi connectivity index (χ4v) is 4.24. The van der Waals surface area contributed by atoms with Gasteiger partial charge in [-0.2, -0.15) is 0 Å². The van der Waals surface area contributed by atoms with Crippen LogP contribution >= 0.6 is 11.8 Å². The van der Waals surface area contributed by atoms with E-state index in [1.807, 2.05) is 37.3 Å². The van der Waals surface area contributed by atoms with Crippen molar-refractivity contribution in [2.45, 2.75) is 17.9 Å². The Labute approximate surface area is 198 Å². The molecular weight excluding hydrogens is 455 g/mol. The van der Waals surface area contributed by atoms with Gasteiger partial charge in [0.15, 0.2) is 0 Å². The van der Waals surface area contributed by atoms with Crippen LogP contribution in [0.2, 0.25) is 0 Å². The first-order valence-electron chi connectivity index (χ1n) is 10.6. The molecule has 5 rings (SSSR count). The first-order valence-corrected chi connectivity index (χ1v) is 11.6. The molecule has 3 aromatic carbocycles. The molecular formula is C25H19FN4O3S. The number of thioether (sulfide) groups is 1. The molecule has 0 atom stereocenters. The number of fused-ring (bicyclic) bond motifs is 1. The molecule has 0 fully saturated rings. The van der Waals surface area contributed by atoms with Gasteiger partial charge < -0.3 is 9.15 Å². The van der Waals surface area contributed by atoms with Gasteiger partial charge in [-0.25, -0.2) is 9.37 Å². The summed E-state index contributed by atoms with van der Waals surface area (Å²) in [6.07, 6.45) is 0. The summed E-state index contributed by atoms with van der Waals surface area (Å²) in [6, 6.07) is 20.3. The third kappa shape index (κ3) is 4.29. The summed E-state index contributed by atoms with van der Waals surface area (Å²) in [5, 5.41) is 9.09. The van der Waals surface area contributed by atoms with Crippen molar-refractivity contribution in [3.8, 4) is 22.9 Å². The van der Waals surface area contributed by atoms with Crippen molar-refractivity contribution in [1.29, 1.82) is 0 Å². The predicted molar refractivity (Wildman–Crippen MR) is 128 cm³/mol. The number of para-hydroxylation sites is 2. The molecule has 2 aromatic heterocycles. The van der Waals surface area contributed by atoms with Crippen molar-refractivity contribution < 1.29 is 13.5 Å². The van der Waals surface area contributed by atoms with Crippen LogP contribution < -0.4 is 10.3 Å². The van der Waals surface area contributed by atoms with E-state index in [1.165, 1.54) is 28.5 Å². The molecule has 0 saturated carbocycles. The number of hydrogen-bond donors (Lipinski definition) is 0. The summed E-state index contributed by atoms with van der Waals surface area (Å²) in [5.74, 6) is 1.38. The van der Waals surface area contributed by atoms with Crippen LogP contribution in [0.1, 0.15) is 12.7 Å². The van der Waals surface area contributed by atoms with Gasteiger partial charge in [0.05, 0.1) is 34.5 Å². The monoisotopic (exact) mass is 474 g/mol. The number of rotatable bonds is 7. The van der Waals surface area contributed by atoms with Crippen molar-refractivity contribution in [3.05, 3.63) is 94.8 Å². The Balaban J connectivity index is 1.49. The standard InChI is InChI=1S/C25H19FN4O3S/c1-2-32-21-10-6-4-8-19(21)23-28-29-25(33-23)34-15-22-27-20-9-5-3-7-18(20)24(31)30(22)17-13-11-16(26)12-14-17/h3-14H,2,15H2,1H3. The zero-order chi connectivity index (χ0) is 23.5. The Hall–Kier alpha value is -3.98. The molecule has 0 aliphatic heterocycles. The quantitative estimate of drug-likeness (QED) is 0.297. The Morgan fingerprint density at radius 2 is 1.76 bits per heavy atom. The third-order valence-corrected chi connectivity index (χ3v) is 5.89. The highest BCUT2D eigenvalue weighted by molar-refractivity contribution is 7.98. The Morgan fingerprint density at radius 3 is 2.59 bits per heavy atom. The van der Waals surface area contributed by atoms with E-state index in [1.54, 1.807) is 30.3 Å². The van der Waals surface area contributed by atoms with Crippen LogP contribution in [-0.4, -0.2) is 26.4 Å². The second-order valence-electron chi connectivity index (χ2n) is 7.25. The van der Waals surface area contributed by atoms with Crippen LogP contribution in [0.4, 0.5) is 4.39 Å². The van der Waals surface area contributed by atoms with E-state index >= 15 is 0 Å². The lowest BCUT2D eigenvalue weighted by Crippen LogP contribution is -2.23. The number of aromatic nitrogens is 4. The first-order chi connectivity index (χ1) is 16.6. The summed E-state index contributed by atoms with van der Waals surface area (Å²) < 4.78 is 26.5. The summed E-state index contributed by atoms with van der Waals surface area (Å²) in [6.45, 7) is 2.42. The second-order valence-corrected chi connectivity index (χ2v) is 8.18. The zero-order valence-electron chi connectivity index (χ0n) is 18.1.